The number of imide groups is 1. The molecule has 0 aromatic heterocycles. The van der Waals surface area contributed by atoms with Crippen LogP contribution in [0, 0.1) is 0 Å². The first-order chi connectivity index (χ1) is 19.5. The molecule has 4 aromatic rings. The minimum atomic E-state index is -4.72. The van der Waals surface area contributed by atoms with E-state index in [1.807, 2.05) is 42.5 Å². The average molecular weight is 597 g/mol. The van der Waals surface area contributed by atoms with Crippen molar-refractivity contribution in [3.8, 4) is 16.9 Å². The number of carbonyl (C=O) groups is 3. The summed E-state index contributed by atoms with van der Waals surface area (Å²) >= 11 is 12.1. The molecule has 0 aliphatic carbocycles. The number of rotatable bonds is 6. The topological polar surface area (TPSA) is 75.7 Å². The Balaban J connectivity index is 1.28. The summed E-state index contributed by atoms with van der Waals surface area (Å²) < 4.78 is 45.0. The molecule has 4 aromatic carbocycles. The van der Waals surface area contributed by atoms with Crippen molar-refractivity contribution in [1.29, 1.82) is 0 Å². The lowest BCUT2D eigenvalue weighted by molar-refractivity contribution is -0.137. The highest BCUT2D eigenvalue weighted by Crippen LogP contribution is 2.39. The lowest BCUT2D eigenvalue weighted by Crippen LogP contribution is -2.32. The van der Waals surface area contributed by atoms with Crippen molar-refractivity contribution in [2.45, 2.75) is 6.18 Å². The molecule has 1 heterocycles. The van der Waals surface area contributed by atoms with Gasteiger partial charge in [0.05, 0.1) is 21.8 Å². The number of alkyl halides is 3. The number of amides is 2. The van der Waals surface area contributed by atoms with Crippen molar-refractivity contribution in [2.24, 2.45) is 0 Å². The Morgan fingerprint density at radius 1 is 0.780 bits per heavy atom. The van der Waals surface area contributed by atoms with Crippen molar-refractivity contribution in [1.82, 2.24) is 0 Å². The Kier molecular flexibility index (Phi) is 7.57. The number of halogens is 5. The summed E-state index contributed by atoms with van der Waals surface area (Å²) in [7, 11) is 0. The molecule has 0 fully saturated rings. The summed E-state index contributed by atoms with van der Waals surface area (Å²) in [5, 5.41) is 1.91. The van der Waals surface area contributed by atoms with Gasteiger partial charge in [-0.3, -0.25) is 9.59 Å². The zero-order valence-electron chi connectivity index (χ0n) is 20.7. The van der Waals surface area contributed by atoms with E-state index >= 15 is 0 Å². The van der Waals surface area contributed by atoms with E-state index < -0.39 is 40.2 Å². The van der Waals surface area contributed by atoms with Crippen LogP contribution >= 0.6 is 23.2 Å². The van der Waals surface area contributed by atoms with Gasteiger partial charge in [-0.15, -0.1) is 0 Å². The zero-order chi connectivity index (χ0) is 29.3. The molecular formula is C30H17Cl2F3N2O4. The molecule has 0 radical (unpaired) electrons. The third kappa shape index (κ3) is 5.82. The maximum absolute atomic E-state index is 13.2. The summed E-state index contributed by atoms with van der Waals surface area (Å²) in [6.45, 7) is 0. The lowest BCUT2D eigenvalue weighted by atomic mass is 10.1. The van der Waals surface area contributed by atoms with Crippen LogP contribution in [0.15, 0.2) is 108 Å². The standard InChI is InChI=1S/C30H17Cl2F3N2O4/c31-23-15-10-20(30(33,34)35)16-24(23)37-27(38)25(32)26(28(37)39)36-21-11-6-19(7-12-21)29(40)41-22-13-8-18(9-14-22)17-4-2-1-3-5-17/h1-16,36H. The second-order valence-corrected chi connectivity index (χ2v) is 9.57. The molecule has 5 rings (SSSR count). The fourth-order valence-corrected chi connectivity index (χ4v) is 4.45. The van der Waals surface area contributed by atoms with E-state index in [-0.39, 0.29) is 22.0 Å². The SMILES string of the molecule is O=C(Oc1ccc(-c2ccccc2)cc1)c1ccc(NC2=C(Cl)C(=O)N(c3cc(C(F)(F)F)ccc3Cl)C2=O)cc1. The van der Waals surface area contributed by atoms with Gasteiger partial charge in [0.2, 0.25) is 0 Å². The van der Waals surface area contributed by atoms with Crippen LogP contribution in [0.25, 0.3) is 11.1 Å². The number of esters is 1. The molecule has 206 valence electrons. The summed E-state index contributed by atoms with van der Waals surface area (Å²) in [6, 6.07) is 24.7. The van der Waals surface area contributed by atoms with Gasteiger partial charge in [-0.1, -0.05) is 65.7 Å². The monoisotopic (exact) mass is 596 g/mol. The predicted octanol–water partition coefficient (Wildman–Crippen LogP) is 7.68. The quantitative estimate of drug-likeness (QED) is 0.140. The van der Waals surface area contributed by atoms with Crippen molar-refractivity contribution < 1.29 is 32.3 Å². The van der Waals surface area contributed by atoms with E-state index in [4.69, 9.17) is 27.9 Å². The molecular weight excluding hydrogens is 580 g/mol. The Bertz CT molecular complexity index is 1690. The minimum absolute atomic E-state index is 0.203. The highest BCUT2D eigenvalue weighted by atomic mass is 35.5. The second-order valence-electron chi connectivity index (χ2n) is 8.78. The van der Waals surface area contributed by atoms with Crippen LogP contribution in [0.2, 0.25) is 5.02 Å². The molecule has 0 bridgehead atoms. The van der Waals surface area contributed by atoms with Gasteiger partial charge in [-0.2, -0.15) is 13.2 Å². The van der Waals surface area contributed by atoms with Gasteiger partial charge in [0.25, 0.3) is 11.8 Å². The van der Waals surface area contributed by atoms with E-state index in [1.165, 1.54) is 24.3 Å². The van der Waals surface area contributed by atoms with Crippen LogP contribution in [0.4, 0.5) is 24.5 Å². The molecule has 1 N–H and O–H groups in total. The lowest BCUT2D eigenvalue weighted by Gasteiger charge is -2.18. The molecule has 1 aliphatic rings. The first-order valence-electron chi connectivity index (χ1n) is 11.9. The number of nitrogens with zero attached hydrogens (tertiary/aromatic N) is 1. The first kappa shape index (κ1) is 27.9. The zero-order valence-corrected chi connectivity index (χ0v) is 22.2. The maximum Gasteiger partial charge on any atom is 0.416 e. The molecule has 0 unspecified atom stereocenters. The fourth-order valence-electron chi connectivity index (χ4n) is 4.04. The highest BCUT2D eigenvalue weighted by Gasteiger charge is 2.41. The van der Waals surface area contributed by atoms with Crippen LogP contribution < -0.4 is 15.0 Å². The molecule has 0 atom stereocenters. The maximum atomic E-state index is 13.2. The predicted molar refractivity (Wildman–Crippen MR) is 149 cm³/mol. The fraction of sp³-hybridized carbons (Fsp3) is 0.0333. The number of anilines is 2. The third-order valence-electron chi connectivity index (χ3n) is 6.10. The average Bonchev–Trinajstić information content (AvgIpc) is 3.16. The van der Waals surface area contributed by atoms with Gasteiger partial charge >= 0.3 is 12.1 Å². The van der Waals surface area contributed by atoms with Crippen LogP contribution in [0.5, 0.6) is 5.75 Å². The van der Waals surface area contributed by atoms with E-state index in [9.17, 15) is 27.6 Å². The second kappa shape index (κ2) is 11.1. The molecule has 0 saturated heterocycles. The van der Waals surface area contributed by atoms with Gasteiger partial charge in [0.1, 0.15) is 16.5 Å². The van der Waals surface area contributed by atoms with Crippen molar-refractivity contribution in [3.63, 3.8) is 0 Å². The summed E-state index contributed by atoms with van der Waals surface area (Å²) in [5.41, 5.74) is 0.550. The number of hydrogen-bond acceptors (Lipinski definition) is 5. The number of hydrogen-bond donors (Lipinski definition) is 1. The summed E-state index contributed by atoms with van der Waals surface area (Å²) in [5.74, 6) is -2.32. The number of benzene rings is 4. The summed E-state index contributed by atoms with van der Waals surface area (Å²) in [6.07, 6.45) is -4.72. The number of nitrogens with one attached hydrogen (secondary N) is 1. The van der Waals surface area contributed by atoms with Crippen molar-refractivity contribution in [3.05, 3.63) is 124 Å². The normalized spacial score (nSPS) is 13.5. The van der Waals surface area contributed by atoms with Gasteiger partial charge in [-0.05, 0) is 65.7 Å². The van der Waals surface area contributed by atoms with E-state index in [0.717, 1.165) is 23.3 Å². The largest absolute Gasteiger partial charge is 0.423 e. The van der Waals surface area contributed by atoms with E-state index in [0.29, 0.717) is 16.7 Å². The van der Waals surface area contributed by atoms with Gasteiger partial charge in [0, 0.05) is 5.69 Å². The minimum Gasteiger partial charge on any atom is -0.423 e. The molecule has 1 aliphatic heterocycles. The number of ether oxygens (including phenoxy) is 1. The molecule has 0 saturated carbocycles. The van der Waals surface area contributed by atoms with Crippen LogP contribution in [0.3, 0.4) is 0 Å². The molecule has 0 spiro atoms. The smallest absolute Gasteiger partial charge is 0.416 e. The van der Waals surface area contributed by atoms with Gasteiger partial charge in [-0.25, -0.2) is 9.69 Å². The Morgan fingerprint density at radius 3 is 2.05 bits per heavy atom. The highest BCUT2D eigenvalue weighted by molar-refractivity contribution is 6.53. The Labute approximate surface area is 241 Å². The van der Waals surface area contributed by atoms with Gasteiger partial charge in [0.15, 0.2) is 0 Å². The van der Waals surface area contributed by atoms with Crippen LogP contribution in [-0.2, 0) is 15.8 Å². The van der Waals surface area contributed by atoms with E-state index in [1.54, 1.807) is 12.1 Å². The third-order valence-corrected chi connectivity index (χ3v) is 6.77. The van der Waals surface area contributed by atoms with Gasteiger partial charge < -0.3 is 10.1 Å². The summed E-state index contributed by atoms with van der Waals surface area (Å²) in [4.78, 5) is 38.8. The molecule has 11 heteroatoms. The molecule has 2 amide bonds. The Morgan fingerprint density at radius 2 is 1.41 bits per heavy atom. The molecule has 6 nitrogen and oxygen atoms in total. The van der Waals surface area contributed by atoms with Crippen molar-refractivity contribution in [2.75, 3.05) is 10.2 Å². The van der Waals surface area contributed by atoms with Crippen LogP contribution in [-0.4, -0.2) is 17.8 Å². The number of carbonyl (C=O) groups excluding carboxylic acids is 3. The first-order valence-corrected chi connectivity index (χ1v) is 12.7. The van der Waals surface area contributed by atoms with Crippen molar-refractivity contribution >= 4 is 52.4 Å². The van der Waals surface area contributed by atoms with Crippen LogP contribution in [0.1, 0.15) is 15.9 Å². The van der Waals surface area contributed by atoms with E-state index in [2.05, 4.69) is 5.32 Å². The molecule has 41 heavy (non-hydrogen) atoms. The Hall–Kier alpha value is -4.60.